The maximum atomic E-state index is 12.5. The molecular weight excluding hydrogens is 364 g/mol. The van der Waals surface area contributed by atoms with Crippen LogP contribution in [0, 0.1) is 6.92 Å². The number of nitrogens with one attached hydrogen (secondary N) is 1. The molecule has 5 heteroatoms. The molecule has 1 aromatic heterocycles. The molecule has 2 aromatic carbocycles. The molecule has 0 atom stereocenters. The lowest BCUT2D eigenvalue weighted by Crippen LogP contribution is -2.37. The number of hydrogen-bond acceptors (Lipinski definition) is 3. The molecule has 0 radical (unpaired) electrons. The van der Waals surface area contributed by atoms with E-state index in [2.05, 4.69) is 42.4 Å². The van der Waals surface area contributed by atoms with Gasteiger partial charge in [-0.1, -0.05) is 24.3 Å². The first-order valence-corrected chi connectivity index (χ1v) is 10.0. The number of para-hydroxylation sites is 1. The van der Waals surface area contributed by atoms with E-state index in [-0.39, 0.29) is 12.5 Å². The minimum atomic E-state index is 0.00366. The molecule has 0 spiro atoms. The fraction of sp³-hybridized carbons (Fsp3) is 0.292. The topological polar surface area (TPSA) is 54.6 Å². The molecule has 1 aliphatic rings. The summed E-state index contributed by atoms with van der Waals surface area (Å²) < 4.78 is 11.1. The second kappa shape index (κ2) is 8.43. The summed E-state index contributed by atoms with van der Waals surface area (Å²) in [6.07, 6.45) is 5.08. The second-order valence-corrected chi connectivity index (χ2v) is 7.21. The first-order valence-electron chi connectivity index (χ1n) is 10.0. The van der Waals surface area contributed by atoms with Gasteiger partial charge < -0.3 is 19.4 Å². The third kappa shape index (κ3) is 4.14. The first kappa shape index (κ1) is 19.1. The van der Waals surface area contributed by atoms with Crippen LogP contribution in [0.5, 0.6) is 11.5 Å². The Morgan fingerprint density at radius 1 is 1.10 bits per heavy atom. The van der Waals surface area contributed by atoms with Gasteiger partial charge in [0.2, 0.25) is 0 Å². The molecule has 1 N–H and O–H groups in total. The monoisotopic (exact) mass is 390 g/mol. The number of amides is 1. The van der Waals surface area contributed by atoms with Gasteiger partial charge in [-0.15, -0.1) is 0 Å². The lowest BCUT2D eigenvalue weighted by Gasteiger charge is -2.26. The minimum absolute atomic E-state index is 0.00366. The maximum absolute atomic E-state index is 12.5. The van der Waals surface area contributed by atoms with Crippen molar-refractivity contribution in [3.8, 4) is 11.5 Å². The van der Waals surface area contributed by atoms with E-state index in [0.717, 1.165) is 12.2 Å². The Hall–Kier alpha value is -3.21. The quantitative estimate of drug-likeness (QED) is 0.671. The molecule has 1 aliphatic heterocycles. The highest BCUT2D eigenvalue weighted by atomic mass is 16.5. The van der Waals surface area contributed by atoms with Gasteiger partial charge in [-0.3, -0.25) is 4.79 Å². The van der Waals surface area contributed by atoms with Crippen LogP contribution in [0.2, 0.25) is 0 Å². The number of hydrogen-bond donors (Lipinski definition) is 1. The van der Waals surface area contributed by atoms with Crippen LogP contribution in [0.4, 0.5) is 0 Å². The lowest BCUT2D eigenvalue weighted by atomic mass is 9.98. The molecule has 2 heterocycles. The van der Waals surface area contributed by atoms with Crippen LogP contribution in [0.1, 0.15) is 24.5 Å². The van der Waals surface area contributed by atoms with Gasteiger partial charge in [0.05, 0.1) is 6.61 Å². The Balaban J connectivity index is 1.36. The van der Waals surface area contributed by atoms with Crippen molar-refractivity contribution in [2.45, 2.75) is 20.3 Å². The van der Waals surface area contributed by atoms with Crippen molar-refractivity contribution in [2.75, 3.05) is 26.3 Å². The van der Waals surface area contributed by atoms with Gasteiger partial charge in [0.15, 0.2) is 6.61 Å². The predicted octanol–water partition coefficient (Wildman–Crippen LogP) is 4.57. The molecule has 0 unspecified atom stereocenters. The number of carbonyl (C=O) groups is 1. The number of nitrogens with zero attached hydrogens (tertiary/aromatic N) is 1. The summed E-state index contributed by atoms with van der Waals surface area (Å²) in [5, 5.41) is 1.25. The first-order chi connectivity index (χ1) is 14.2. The zero-order valence-corrected chi connectivity index (χ0v) is 16.9. The van der Waals surface area contributed by atoms with Gasteiger partial charge in [0.25, 0.3) is 5.91 Å². The van der Waals surface area contributed by atoms with Crippen molar-refractivity contribution in [1.29, 1.82) is 0 Å². The largest absolute Gasteiger partial charge is 0.494 e. The summed E-state index contributed by atoms with van der Waals surface area (Å²) in [6, 6.07) is 13.7. The summed E-state index contributed by atoms with van der Waals surface area (Å²) in [5.74, 6) is 1.47. The molecule has 0 saturated carbocycles. The summed E-state index contributed by atoms with van der Waals surface area (Å²) >= 11 is 0. The Labute approximate surface area is 170 Å². The van der Waals surface area contributed by atoms with Crippen molar-refractivity contribution < 1.29 is 14.3 Å². The van der Waals surface area contributed by atoms with Gasteiger partial charge in [-0.05, 0) is 55.7 Å². The fourth-order valence-corrected chi connectivity index (χ4v) is 3.75. The van der Waals surface area contributed by atoms with Crippen LogP contribution in [-0.2, 0) is 4.79 Å². The highest BCUT2D eigenvalue weighted by molar-refractivity contribution is 5.94. The van der Waals surface area contributed by atoms with Crippen molar-refractivity contribution in [1.82, 2.24) is 9.88 Å². The Kier molecular flexibility index (Phi) is 5.56. The molecule has 0 saturated heterocycles. The van der Waals surface area contributed by atoms with Crippen LogP contribution in [0.15, 0.2) is 54.7 Å². The second-order valence-electron chi connectivity index (χ2n) is 7.21. The number of aromatic nitrogens is 1. The number of benzene rings is 2. The van der Waals surface area contributed by atoms with E-state index < -0.39 is 0 Å². The minimum Gasteiger partial charge on any atom is -0.494 e. The number of carbonyl (C=O) groups excluding carboxylic acids is 1. The van der Waals surface area contributed by atoms with Gasteiger partial charge in [-0.25, -0.2) is 0 Å². The molecule has 4 rings (SSSR count). The predicted molar refractivity (Wildman–Crippen MR) is 115 cm³/mol. The summed E-state index contributed by atoms with van der Waals surface area (Å²) in [5.41, 5.74) is 4.96. The van der Waals surface area contributed by atoms with Crippen LogP contribution >= 0.6 is 0 Å². The highest BCUT2D eigenvalue weighted by Crippen LogP contribution is 2.30. The Morgan fingerprint density at radius 2 is 1.86 bits per heavy atom. The van der Waals surface area contributed by atoms with E-state index in [4.69, 9.17) is 9.47 Å². The van der Waals surface area contributed by atoms with Crippen molar-refractivity contribution >= 4 is 22.4 Å². The van der Waals surface area contributed by atoms with E-state index in [1.54, 1.807) is 0 Å². The summed E-state index contributed by atoms with van der Waals surface area (Å²) in [7, 11) is 0. The van der Waals surface area contributed by atoms with Gasteiger partial charge in [-0.2, -0.15) is 0 Å². The van der Waals surface area contributed by atoms with Crippen LogP contribution in [0.3, 0.4) is 0 Å². The number of H-pyrrole nitrogens is 1. The third-order valence-electron chi connectivity index (χ3n) is 5.33. The SMILES string of the molecule is CCOc1ccc(OCC(=O)N2CC=C(c3c[nH]c4c(C)cccc34)CC2)cc1. The van der Waals surface area contributed by atoms with Crippen molar-refractivity contribution in [2.24, 2.45) is 0 Å². The van der Waals surface area contributed by atoms with E-state index in [0.29, 0.717) is 25.4 Å². The number of rotatable bonds is 6. The molecular formula is C24H26N2O3. The molecule has 0 aliphatic carbocycles. The standard InChI is InChI=1S/C24H26N2O3/c1-3-28-19-7-9-20(10-8-19)29-16-23(27)26-13-11-18(12-14-26)22-15-25-24-17(2)5-4-6-21(22)24/h4-11,15,25H,3,12-14,16H2,1-2H3. The van der Waals surface area contributed by atoms with E-state index in [9.17, 15) is 4.79 Å². The summed E-state index contributed by atoms with van der Waals surface area (Å²) in [6.45, 7) is 6.05. The molecule has 3 aromatic rings. The fourth-order valence-electron chi connectivity index (χ4n) is 3.75. The normalized spacial score (nSPS) is 14.0. The van der Waals surface area contributed by atoms with Gasteiger partial charge >= 0.3 is 0 Å². The van der Waals surface area contributed by atoms with E-state index >= 15 is 0 Å². The average Bonchev–Trinajstić information content (AvgIpc) is 3.19. The van der Waals surface area contributed by atoms with Crippen molar-refractivity contribution in [3.63, 3.8) is 0 Å². The van der Waals surface area contributed by atoms with E-state index in [1.165, 1.54) is 27.6 Å². The Bertz CT molecular complexity index is 1030. The Morgan fingerprint density at radius 3 is 2.55 bits per heavy atom. The molecule has 0 bridgehead atoms. The zero-order valence-electron chi connectivity index (χ0n) is 16.9. The summed E-state index contributed by atoms with van der Waals surface area (Å²) in [4.78, 5) is 17.8. The highest BCUT2D eigenvalue weighted by Gasteiger charge is 2.20. The van der Waals surface area contributed by atoms with E-state index in [1.807, 2.05) is 36.1 Å². The zero-order chi connectivity index (χ0) is 20.2. The van der Waals surface area contributed by atoms with Crippen LogP contribution < -0.4 is 9.47 Å². The molecule has 29 heavy (non-hydrogen) atoms. The van der Waals surface area contributed by atoms with Crippen molar-refractivity contribution in [3.05, 3.63) is 65.9 Å². The molecule has 0 fully saturated rings. The van der Waals surface area contributed by atoms with Crippen LogP contribution in [0.25, 0.3) is 16.5 Å². The number of fused-ring (bicyclic) bond motifs is 1. The van der Waals surface area contributed by atoms with Gasteiger partial charge in [0.1, 0.15) is 11.5 Å². The average molecular weight is 390 g/mol. The van der Waals surface area contributed by atoms with Gasteiger partial charge in [0, 0.05) is 35.8 Å². The molecule has 1 amide bonds. The number of aromatic amines is 1. The smallest absolute Gasteiger partial charge is 0.260 e. The maximum Gasteiger partial charge on any atom is 0.260 e. The third-order valence-corrected chi connectivity index (χ3v) is 5.33. The lowest BCUT2D eigenvalue weighted by molar-refractivity contribution is -0.132. The number of ether oxygens (including phenoxy) is 2. The number of aryl methyl sites for hydroxylation is 1. The molecule has 150 valence electrons. The molecule has 5 nitrogen and oxygen atoms in total. The van der Waals surface area contributed by atoms with Crippen LogP contribution in [-0.4, -0.2) is 42.1 Å².